The van der Waals surface area contributed by atoms with Crippen molar-refractivity contribution in [1.29, 1.82) is 0 Å². The SMILES string of the molecule is O=C(O)C1C(c2ccccc2)=Nc2ccccc2N=C1c1ccccc1. The van der Waals surface area contributed by atoms with Gasteiger partial charge in [0, 0.05) is 0 Å². The van der Waals surface area contributed by atoms with Gasteiger partial charge in [0.1, 0.15) is 5.92 Å². The van der Waals surface area contributed by atoms with Gasteiger partial charge in [-0.15, -0.1) is 0 Å². The smallest absolute Gasteiger partial charge is 0.318 e. The van der Waals surface area contributed by atoms with Crippen molar-refractivity contribution in [1.82, 2.24) is 0 Å². The summed E-state index contributed by atoms with van der Waals surface area (Å²) in [6.45, 7) is 0. The van der Waals surface area contributed by atoms with Gasteiger partial charge in [0.05, 0.1) is 22.8 Å². The van der Waals surface area contributed by atoms with E-state index in [1.807, 2.05) is 84.9 Å². The van der Waals surface area contributed by atoms with Crippen molar-refractivity contribution < 1.29 is 9.90 Å². The lowest BCUT2D eigenvalue weighted by Crippen LogP contribution is -2.32. The zero-order valence-corrected chi connectivity index (χ0v) is 13.9. The molecule has 26 heavy (non-hydrogen) atoms. The van der Waals surface area contributed by atoms with Crippen molar-refractivity contribution in [2.24, 2.45) is 15.9 Å². The highest BCUT2D eigenvalue weighted by atomic mass is 16.4. The molecule has 1 heterocycles. The first-order valence-corrected chi connectivity index (χ1v) is 8.34. The van der Waals surface area contributed by atoms with Crippen molar-refractivity contribution >= 4 is 28.8 Å². The Morgan fingerprint density at radius 1 is 0.654 bits per heavy atom. The van der Waals surface area contributed by atoms with Crippen LogP contribution < -0.4 is 0 Å². The van der Waals surface area contributed by atoms with Crippen LogP contribution in [-0.4, -0.2) is 22.5 Å². The average molecular weight is 340 g/mol. The molecule has 0 bridgehead atoms. The van der Waals surface area contributed by atoms with Gasteiger partial charge in [0.15, 0.2) is 0 Å². The van der Waals surface area contributed by atoms with Crippen LogP contribution >= 0.6 is 0 Å². The fraction of sp³-hybridized carbons (Fsp3) is 0.0455. The molecule has 1 N–H and O–H groups in total. The van der Waals surface area contributed by atoms with E-state index in [0.717, 1.165) is 11.1 Å². The van der Waals surface area contributed by atoms with Crippen molar-refractivity contribution in [3.8, 4) is 0 Å². The van der Waals surface area contributed by atoms with Gasteiger partial charge >= 0.3 is 5.97 Å². The number of hydrogen-bond acceptors (Lipinski definition) is 3. The summed E-state index contributed by atoms with van der Waals surface area (Å²) >= 11 is 0. The Balaban J connectivity index is 2.01. The minimum absolute atomic E-state index is 0.491. The van der Waals surface area contributed by atoms with E-state index in [4.69, 9.17) is 9.98 Å². The molecule has 126 valence electrons. The normalized spacial score (nSPS) is 14.0. The molecule has 0 radical (unpaired) electrons. The van der Waals surface area contributed by atoms with E-state index < -0.39 is 11.9 Å². The summed E-state index contributed by atoms with van der Waals surface area (Å²) in [7, 11) is 0. The molecule has 0 aliphatic carbocycles. The molecule has 3 aromatic rings. The van der Waals surface area contributed by atoms with E-state index in [9.17, 15) is 9.90 Å². The van der Waals surface area contributed by atoms with E-state index >= 15 is 0 Å². The number of hydrogen-bond donors (Lipinski definition) is 1. The number of aliphatic carboxylic acids is 1. The molecule has 1 aliphatic rings. The van der Waals surface area contributed by atoms with Crippen LogP contribution in [-0.2, 0) is 4.79 Å². The molecule has 1 aliphatic heterocycles. The fourth-order valence-electron chi connectivity index (χ4n) is 3.09. The van der Waals surface area contributed by atoms with Gasteiger partial charge in [0.2, 0.25) is 0 Å². The average Bonchev–Trinajstić information content (AvgIpc) is 2.86. The number of carboxylic acid groups (broad SMARTS) is 1. The zero-order valence-electron chi connectivity index (χ0n) is 13.9. The van der Waals surface area contributed by atoms with E-state index in [0.29, 0.717) is 22.8 Å². The molecule has 0 saturated heterocycles. The molecule has 0 atom stereocenters. The third kappa shape index (κ3) is 2.93. The first kappa shape index (κ1) is 16.0. The summed E-state index contributed by atoms with van der Waals surface area (Å²) in [5.74, 6) is -1.92. The van der Waals surface area contributed by atoms with Gasteiger partial charge in [-0.25, -0.2) is 9.98 Å². The van der Waals surface area contributed by atoms with Crippen molar-refractivity contribution in [3.05, 3.63) is 96.1 Å². The van der Waals surface area contributed by atoms with Gasteiger partial charge in [0.25, 0.3) is 0 Å². The first-order chi connectivity index (χ1) is 12.7. The maximum atomic E-state index is 12.3. The van der Waals surface area contributed by atoms with Gasteiger partial charge in [-0.1, -0.05) is 72.8 Å². The second-order valence-electron chi connectivity index (χ2n) is 5.99. The number of benzene rings is 3. The molecule has 0 saturated carbocycles. The van der Waals surface area contributed by atoms with Crippen LogP contribution in [0.2, 0.25) is 0 Å². The van der Waals surface area contributed by atoms with Crippen LogP contribution in [0.1, 0.15) is 11.1 Å². The number of carboxylic acids is 1. The van der Waals surface area contributed by atoms with E-state index in [1.54, 1.807) is 0 Å². The molecule has 0 amide bonds. The summed E-state index contributed by atoms with van der Waals surface area (Å²) in [6.07, 6.45) is 0. The summed E-state index contributed by atoms with van der Waals surface area (Å²) in [6, 6.07) is 26.3. The Kier molecular flexibility index (Phi) is 4.15. The molecule has 4 rings (SSSR count). The molecule has 4 nitrogen and oxygen atoms in total. The second-order valence-corrected chi connectivity index (χ2v) is 5.99. The summed E-state index contributed by atoms with van der Waals surface area (Å²) in [5, 5.41) is 10.0. The molecule has 0 aromatic heterocycles. The van der Waals surface area contributed by atoms with E-state index in [1.165, 1.54) is 0 Å². The maximum Gasteiger partial charge on any atom is 0.318 e. The molecule has 4 heteroatoms. The molecular weight excluding hydrogens is 324 g/mol. The quantitative estimate of drug-likeness (QED) is 0.755. The monoisotopic (exact) mass is 340 g/mol. The van der Waals surface area contributed by atoms with Crippen LogP contribution in [0.4, 0.5) is 11.4 Å². The largest absolute Gasteiger partial charge is 0.480 e. The first-order valence-electron chi connectivity index (χ1n) is 8.34. The summed E-state index contributed by atoms with van der Waals surface area (Å²) in [4.78, 5) is 21.7. The molecule has 0 spiro atoms. The number of nitrogens with zero attached hydrogens (tertiary/aromatic N) is 2. The summed E-state index contributed by atoms with van der Waals surface area (Å²) < 4.78 is 0. The molecule has 0 fully saturated rings. The molecule has 0 unspecified atom stereocenters. The third-order valence-electron chi connectivity index (χ3n) is 4.30. The Morgan fingerprint density at radius 2 is 1.04 bits per heavy atom. The standard InChI is InChI=1S/C22H16N2O2/c25-22(26)19-20(15-9-3-1-4-10-15)23-17-13-7-8-14-18(17)24-21(19)16-11-5-2-6-12-16/h1-14,19H,(H,25,26). The number of fused-ring (bicyclic) bond motifs is 1. The van der Waals surface area contributed by atoms with Crippen molar-refractivity contribution in [2.75, 3.05) is 0 Å². The highest BCUT2D eigenvalue weighted by Crippen LogP contribution is 2.34. The lowest BCUT2D eigenvalue weighted by atomic mass is 9.88. The second kappa shape index (κ2) is 6.76. The van der Waals surface area contributed by atoms with Crippen LogP contribution in [0, 0.1) is 5.92 Å². The Bertz CT molecular complexity index is 932. The van der Waals surface area contributed by atoms with E-state index in [-0.39, 0.29) is 0 Å². The van der Waals surface area contributed by atoms with Gasteiger partial charge in [-0.05, 0) is 23.3 Å². The molecule has 3 aromatic carbocycles. The van der Waals surface area contributed by atoms with Crippen LogP contribution in [0.5, 0.6) is 0 Å². The minimum Gasteiger partial charge on any atom is -0.480 e. The summed E-state index contributed by atoms with van der Waals surface area (Å²) in [5.41, 5.74) is 3.88. The van der Waals surface area contributed by atoms with Crippen LogP contribution in [0.3, 0.4) is 0 Å². The topological polar surface area (TPSA) is 62.0 Å². The van der Waals surface area contributed by atoms with Gasteiger partial charge in [-0.2, -0.15) is 0 Å². The number of rotatable bonds is 3. The molecular formula is C22H16N2O2. The number of para-hydroxylation sites is 2. The predicted molar refractivity (Wildman–Crippen MR) is 103 cm³/mol. The number of carbonyl (C=O) groups is 1. The van der Waals surface area contributed by atoms with E-state index in [2.05, 4.69) is 0 Å². The Labute approximate surface area is 151 Å². The van der Waals surface area contributed by atoms with Crippen molar-refractivity contribution in [3.63, 3.8) is 0 Å². The van der Waals surface area contributed by atoms with Crippen LogP contribution in [0.25, 0.3) is 0 Å². The fourth-order valence-corrected chi connectivity index (χ4v) is 3.09. The third-order valence-corrected chi connectivity index (χ3v) is 4.30. The predicted octanol–water partition coefficient (Wildman–Crippen LogP) is 4.64. The lowest BCUT2D eigenvalue weighted by Gasteiger charge is -2.17. The Hall–Kier alpha value is -3.53. The highest BCUT2D eigenvalue weighted by molar-refractivity contribution is 6.31. The van der Waals surface area contributed by atoms with Gasteiger partial charge < -0.3 is 5.11 Å². The van der Waals surface area contributed by atoms with Crippen molar-refractivity contribution in [2.45, 2.75) is 0 Å². The zero-order chi connectivity index (χ0) is 17.9. The van der Waals surface area contributed by atoms with Crippen LogP contribution in [0.15, 0.2) is 94.9 Å². The van der Waals surface area contributed by atoms with Gasteiger partial charge in [-0.3, -0.25) is 4.79 Å². The highest BCUT2D eigenvalue weighted by Gasteiger charge is 2.33. The minimum atomic E-state index is -0.969. The number of aliphatic imine (C=N–C) groups is 2. The lowest BCUT2D eigenvalue weighted by molar-refractivity contribution is -0.137. The Morgan fingerprint density at radius 3 is 1.42 bits per heavy atom. The maximum absolute atomic E-state index is 12.3.